The number of aromatic nitrogens is 2. The van der Waals surface area contributed by atoms with E-state index in [1.807, 2.05) is 54.6 Å². The standard InChI is InChI=1S/C24H16N2O/c27-20-12-10-17(11-13-20)24-23(16-6-2-1-3-7-16)25-21-14-18-8-4-5-9-19(18)15-22(21)26-24/h1-15,27H. The van der Waals surface area contributed by atoms with Crippen LogP contribution in [0, 0.1) is 0 Å². The third-order valence-electron chi connectivity index (χ3n) is 4.72. The van der Waals surface area contributed by atoms with Gasteiger partial charge < -0.3 is 5.11 Å². The minimum atomic E-state index is 0.236. The minimum absolute atomic E-state index is 0.236. The van der Waals surface area contributed by atoms with Gasteiger partial charge in [0.15, 0.2) is 0 Å². The van der Waals surface area contributed by atoms with Gasteiger partial charge in [-0.05, 0) is 47.2 Å². The van der Waals surface area contributed by atoms with Gasteiger partial charge in [0.25, 0.3) is 0 Å². The van der Waals surface area contributed by atoms with E-state index in [9.17, 15) is 5.11 Å². The zero-order valence-corrected chi connectivity index (χ0v) is 14.5. The summed E-state index contributed by atoms with van der Waals surface area (Å²) in [5, 5.41) is 11.9. The normalized spacial score (nSPS) is 11.1. The molecule has 0 aliphatic carbocycles. The van der Waals surface area contributed by atoms with Gasteiger partial charge in [-0.3, -0.25) is 0 Å². The average Bonchev–Trinajstić information content (AvgIpc) is 2.72. The highest BCUT2D eigenvalue weighted by atomic mass is 16.3. The minimum Gasteiger partial charge on any atom is -0.508 e. The number of benzene rings is 4. The zero-order chi connectivity index (χ0) is 18.2. The smallest absolute Gasteiger partial charge is 0.115 e. The monoisotopic (exact) mass is 348 g/mol. The van der Waals surface area contributed by atoms with Gasteiger partial charge >= 0.3 is 0 Å². The fourth-order valence-corrected chi connectivity index (χ4v) is 3.36. The molecular formula is C24H16N2O. The summed E-state index contributed by atoms with van der Waals surface area (Å²) < 4.78 is 0. The molecule has 3 nitrogen and oxygen atoms in total. The summed E-state index contributed by atoms with van der Waals surface area (Å²) in [7, 11) is 0. The molecule has 0 bridgehead atoms. The molecular weight excluding hydrogens is 332 g/mol. The van der Waals surface area contributed by atoms with E-state index in [1.54, 1.807) is 12.1 Å². The Morgan fingerprint density at radius 3 is 1.56 bits per heavy atom. The van der Waals surface area contributed by atoms with Gasteiger partial charge in [-0.2, -0.15) is 0 Å². The Bertz CT molecular complexity index is 1260. The van der Waals surface area contributed by atoms with E-state index in [0.29, 0.717) is 0 Å². The summed E-state index contributed by atoms with van der Waals surface area (Å²) >= 11 is 0. The van der Waals surface area contributed by atoms with Gasteiger partial charge in [-0.1, -0.05) is 54.6 Å². The summed E-state index contributed by atoms with van der Waals surface area (Å²) in [4.78, 5) is 9.93. The highest BCUT2D eigenvalue weighted by Gasteiger charge is 2.13. The number of phenolic OH excluding ortho intramolecular Hbond substituents is 1. The van der Waals surface area contributed by atoms with E-state index in [2.05, 4.69) is 24.3 Å². The number of aromatic hydroxyl groups is 1. The van der Waals surface area contributed by atoms with Crippen LogP contribution in [0.1, 0.15) is 0 Å². The molecule has 4 aromatic carbocycles. The van der Waals surface area contributed by atoms with Crippen molar-refractivity contribution in [3.63, 3.8) is 0 Å². The second-order valence-electron chi connectivity index (χ2n) is 6.52. The van der Waals surface area contributed by atoms with Crippen LogP contribution in [0.2, 0.25) is 0 Å². The van der Waals surface area contributed by atoms with Crippen molar-refractivity contribution in [3.8, 4) is 28.3 Å². The largest absolute Gasteiger partial charge is 0.508 e. The van der Waals surface area contributed by atoms with E-state index in [4.69, 9.17) is 9.97 Å². The molecule has 1 aromatic heterocycles. The van der Waals surface area contributed by atoms with Crippen LogP contribution < -0.4 is 0 Å². The lowest BCUT2D eigenvalue weighted by Crippen LogP contribution is -1.95. The molecule has 0 fully saturated rings. The molecule has 0 amide bonds. The quantitative estimate of drug-likeness (QED) is 0.409. The molecule has 0 aliphatic heterocycles. The lowest BCUT2D eigenvalue weighted by Gasteiger charge is -2.11. The molecule has 0 aliphatic rings. The van der Waals surface area contributed by atoms with Gasteiger partial charge in [0.2, 0.25) is 0 Å². The maximum absolute atomic E-state index is 9.64. The fourth-order valence-electron chi connectivity index (χ4n) is 3.36. The van der Waals surface area contributed by atoms with Crippen molar-refractivity contribution < 1.29 is 5.11 Å². The average molecular weight is 348 g/mol. The van der Waals surface area contributed by atoms with Crippen LogP contribution in [0.4, 0.5) is 0 Å². The molecule has 0 saturated heterocycles. The predicted octanol–water partition coefficient (Wildman–Crippen LogP) is 5.82. The summed E-state index contributed by atoms with van der Waals surface area (Å²) in [6, 6.07) is 29.6. The first-order valence-electron chi connectivity index (χ1n) is 8.83. The fraction of sp³-hybridized carbons (Fsp3) is 0. The first kappa shape index (κ1) is 15.5. The summed E-state index contributed by atoms with van der Waals surface area (Å²) in [6.45, 7) is 0. The van der Waals surface area contributed by atoms with Crippen molar-refractivity contribution in [2.45, 2.75) is 0 Å². The Balaban J connectivity index is 1.84. The van der Waals surface area contributed by atoms with Crippen LogP contribution in [0.25, 0.3) is 44.3 Å². The summed E-state index contributed by atoms with van der Waals surface area (Å²) in [5.41, 5.74) is 5.32. The Morgan fingerprint density at radius 1 is 0.519 bits per heavy atom. The second kappa shape index (κ2) is 6.22. The molecule has 5 aromatic rings. The number of phenols is 1. The van der Waals surface area contributed by atoms with Crippen LogP contribution in [0.5, 0.6) is 5.75 Å². The van der Waals surface area contributed by atoms with Gasteiger partial charge in [0, 0.05) is 11.1 Å². The number of rotatable bonds is 2. The molecule has 0 spiro atoms. The third kappa shape index (κ3) is 2.79. The SMILES string of the molecule is Oc1ccc(-c2nc3cc4ccccc4cc3nc2-c2ccccc2)cc1. The third-order valence-corrected chi connectivity index (χ3v) is 4.72. The lowest BCUT2D eigenvalue weighted by molar-refractivity contribution is 0.475. The molecule has 0 atom stereocenters. The maximum atomic E-state index is 9.64. The van der Waals surface area contributed by atoms with Crippen LogP contribution >= 0.6 is 0 Å². The number of hydrogen-bond acceptors (Lipinski definition) is 3. The molecule has 1 N–H and O–H groups in total. The molecule has 0 radical (unpaired) electrons. The molecule has 0 saturated carbocycles. The zero-order valence-electron chi connectivity index (χ0n) is 14.5. The van der Waals surface area contributed by atoms with Crippen molar-refractivity contribution in [2.75, 3.05) is 0 Å². The first-order chi connectivity index (χ1) is 13.3. The Kier molecular flexibility index (Phi) is 3.58. The second-order valence-corrected chi connectivity index (χ2v) is 6.52. The Hall–Kier alpha value is -3.72. The van der Waals surface area contributed by atoms with Crippen molar-refractivity contribution in [1.82, 2.24) is 9.97 Å². The molecule has 1 heterocycles. The van der Waals surface area contributed by atoms with Crippen molar-refractivity contribution in [1.29, 1.82) is 0 Å². The lowest BCUT2D eigenvalue weighted by atomic mass is 10.0. The van der Waals surface area contributed by atoms with Gasteiger partial charge in [0.1, 0.15) is 5.75 Å². The topological polar surface area (TPSA) is 46.0 Å². The van der Waals surface area contributed by atoms with Gasteiger partial charge in [-0.25, -0.2) is 9.97 Å². The molecule has 0 unspecified atom stereocenters. The maximum Gasteiger partial charge on any atom is 0.115 e. The van der Waals surface area contributed by atoms with E-state index in [1.165, 1.54) is 0 Å². The highest BCUT2D eigenvalue weighted by Crippen LogP contribution is 2.32. The van der Waals surface area contributed by atoms with E-state index in [-0.39, 0.29) is 5.75 Å². The molecule has 27 heavy (non-hydrogen) atoms. The predicted molar refractivity (Wildman–Crippen MR) is 110 cm³/mol. The van der Waals surface area contributed by atoms with Gasteiger partial charge in [-0.15, -0.1) is 0 Å². The van der Waals surface area contributed by atoms with E-state index >= 15 is 0 Å². The van der Waals surface area contributed by atoms with Crippen molar-refractivity contribution in [3.05, 3.63) is 91.0 Å². The van der Waals surface area contributed by atoms with Gasteiger partial charge in [0.05, 0.1) is 22.4 Å². The van der Waals surface area contributed by atoms with Crippen LogP contribution in [-0.4, -0.2) is 15.1 Å². The van der Waals surface area contributed by atoms with Crippen LogP contribution in [0.3, 0.4) is 0 Å². The molecule has 5 rings (SSSR count). The van der Waals surface area contributed by atoms with E-state index in [0.717, 1.165) is 44.3 Å². The van der Waals surface area contributed by atoms with Crippen LogP contribution in [0.15, 0.2) is 91.0 Å². The number of hydrogen-bond donors (Lipinski definition) is 1. The van der Waals surface area contributed by atoms with Crippen molar-refractivity contribution in [2.24, 2.45) is 0 Å². The number of fused-ring (bicyclic) bond motifs is 2. The molecule has 128 valence electrons. The van der Waals surface area contributed by atoms with Crippen molar-refractivity contribution >= 4 is 21.8 Å². The molecule has 3 heteroatoms. The Labute approximate surface area is 156 Å². The Morgan fingerprint density at radius 2 is 1.00 bits per heavy atom. The highest BCUT2D eigenvalue weighted by molar-refractivity contribution is 5.97. The summed E-state index contributed by atoms with van der Waals surface area (Å²) in [6.07, 6.45) is 0. The van der Waals surface area contributed by atoms with Crippen LogP contribution in [-0.2, 0) is 0 Å². The number of nitrogens with zero attached hydrogens (tertiary/aromatic N) is 2. The first-order valence-corrected chi connectivity index (χ1v) is 8.83. The van der Waals surface area contributed by atoms with E-state index < -0.39 is 0 Å². The summed E-state index contributed by atoms with van der Waals surface area (Å²) in [5.74, 6) is 0.236.